The van der Waals surface area contributed by atoms with Crippen LogP contribution < -0.4 is 44.7 Å². The summed E-state index contributed by atoms with van der Waals surface area (Å²) in [6.45, 7) is 1.57. The fourth-order valence-corrected chi connectivity index (χ4v) is 4.57. The molecule has 0 spiro atoms. The number of hydrogen-bond donors (Lipinski definition) is 2. The van der Waals surface area contributed by atoms with Crippen LogP contribution in [0.5, 0.6) is 11.5 Å². The van der Waals surface area contributed by atoms with Crippen LogP contribution in [0.25, 0.3) is 10.8 Å². The van der Waals surface area contributed by atoms with Crippen molar-refractivity contribution in [3.8, 4) is 11.5 Å². The summed E-state index contributed by atoms with van der Waals surface area (Å²) in [5, 5.41) is 25.3. The Morgan fingerprint density at radius 1 is 1.03 bits per heavy atom. The molecule has 0 unspecified atom stereocenters. The predicted octanol–water partition coefficient (Wildman–Crippen LogP) is 3.46. The summed E-state index contributed by atoms with van der Waals surface area (Å²) in [6.07, 6.45) is 0. The van der Waals surface area contributed by atoms with Gasteiger partial charge in [0.25, 0.3) is 16.0 Å². The van der Waals surface area contributed by atoms with Crippen molar-refractivity contribution in [3.63, 3.8) is 0 Å². The number of fused-ring (bicyclic) bond motifs is 1. The van der Waals surface area contributed by atoms with E-state index in [-0.39, 0.29) is 62.2 Å². The Balaban J connectivity index is 0.00000400. The number of anilines is 1. The average molecular weight is 582 g/mol. The van der Waals surface area contributed by atoms with Crippen LogP contribution in [-0.2, 0) is 10.1 Å². The molecule has 4 aromatic carbocycles. The largest absolute Gasteiger partial charge is 1.00 e. The molecule has 1 amide bonds. The smallest absolute Gasteiger partial charge is 0.870 e. The van der Waals surface area contributed by atoms with Crippen LogP contribution in [0.4, 0.5) is 17.1 Å². The van der Waals surface area contributed by atoms with Gasteiger partial charge in [-0.15, -0.1) is 0 Å². The number of azo groups is 1. The third kappa shape index (κ3) is 6.13. The van der Waals surface area contributed by atoms with Gasteiger partial charge in [-0.25, -0.2) is 0 Å². The van der Waals surface area contributed by atoms with Crippen LogP contribution in [0.3, 0.4) is 0 Å². The number of halogens is 2. The number of nitrogens with zero attached hydrogens (tertiary/aromatic N) is 2. The Morgan fingerprint density at radius 3 is 2.42 bits per heavy atom. The molecule has 0 saturated carbocycles. The van der Waals surface area contributed by atoms with Crippen molar-refractivity contribution >= 4 is 67.1 Å². The molecule has 4 aromatic rings. The third-order valence-corrected chi connectivity index (χ3v) is 7.04. The van der Waals surface area contributed by atoms with Gasteiger partial charge in [0.1, 0.15) is 11.4 Å². The van der Waals surface area contributed by atoms with E-state index in [1.807, 2.05) is 0 Å². The minimum atomic E-state index is -4.57. The Hall–Kier alpha value is -2.70. The Morgan fingerprint density at radius 2 is 1.74 bits per heavy atom. The Bertz CT molecular complexity index is 1700. The van der Waals surface area contributed by atoms with Gasteiger partial charge in [0.05, 0.1) is 28.4 Å². The monoisotopic (exact) mass is 581 g/mol. The minimum Gasteiger partial charge on any atom is -0.870 e. The van der Waals surface area contributed by atoms with E-state index in [0.29, 0.717) is 22.1 Å². The first kappa shape index (κ1) is 29.9. The quantitative estimate of drug-likeness (QED) is 0.203. The van der Waals surface area contributed by atoms with Crippen molar-refractivity contribution < 1.29 is 57.2 Å². The number of carbonyl (C=O) groups is 1. The van der Waals surface area contributed by atoms with E-state index in [2.05, 4.69) is 15.5 Å². The van der Waals surface area contributed by atoms with Crippen LogP contribution in [0, 0.1) is 6.92 Å². The van der Waals surface area contributed by atoms with Gasteiger partial charge >= 0.3 is 29.6 Å². The van der Waals surface area contributed by atoms with E-state index >= 15 is 0 Å². The zero-order valence-corrected chi connectivity index (χ0v) is 24.6. The van der Waals surface area contributed by atoms with Gasteiger partial charge in [-0.2, -0.15) is 18.6 Å². The molecule has 0 aromatic heterocycles. The van der Waals surface area contributed by atoms with Crippen molar-refractivity contribution in [3.05, 3.63) is 81.8 Å². The van der Waals surface area contributed by atoms with E-state index < -0.39 is 26.7 Å². The van der Waals surface area contributed by atoms with Gasteiger partial charge in [0.15, 0.2) is 0 Å². The summed E-state index contributed by atoms with van der Waals surface area (Å²) >= 11 is 12.3. The zero-order chi connectivity index (χ0) is 26.9. The molecule has 0 bridgehead atoms. The van der Waals surface area contributed by atoms with E-state index in [4.69, 9.17) is 27.9 Å². The van der Waals surface area contributed by atoms with Gasteiger partial charge in [0, 0.05) is 16.0 Å². The first-order valence-electron chi connectivity index (χ1n) is 10.6. The number of carbonyl (C=O) groups excluding carboxylic acids is 1. The summed E-state index contributed by atoms with van der Waals surface area (Å²) in [5.41, 5.74) is 0.200. The van der Waals surface area contributed by atoms with Crippen molar-refractivity contribution in [2.24, 2.45) is 10.2 Å². The van der Waals surface area contributed by atoms with E-state index in [9.17, 15) is 22.9 Å². The Kier molecular flexibility index (Phi) is 9.43. The molecule has 0 aliphatic rings. The zero-order valence-electron chi connectivity index (χ0n) is 20.3. The predicted molar refractivity (Wildman–Crippen MR) is 140 cm³/mol. The average Bonchev–Trinajstić information content (AvgIpc) is 2.85. The van der Waals surface area contributed by atoms with Crippen LogP contribution in [-0.4, -0.2) is 26.0 Å². The molecule has 0 fully saturated rings. The first-order chi connectivity index (χ1) is 17.5. The molecule has 2 N–H and O–H groups in total. The first-order valence-corrected chi connectivity index (χ1v) is 12.8. The maximum Gasteiger partial charge on any atom is 1.00 e. The fourth-order valence-electron chi connectivity index (χ4n) is 3.55. The van der Waals surface area contributed by atoms with Gasteiger partial charge in [-0.05, 0) is 48.2 Å². The number of rotatable bonds is 6. The van der Waals surface area contributed by atoms with Crippen LogP contribution in [0.2, 0.25) is 10.0 Å². The van der Waals surface area contributed by atoms with Gasteiger partial charge in [0.2, 0.25) is 0 Å². The summed E-state index contributed by atoms with van der Waals surface area (Å²) in [4.78, 5) is 12.7. The number of methoxy groups -OCH3 is 1. The number of hydrogen-bond acceptors (Lipinski definition) is 7. The molecule has 9 nitrogen and oxygen atoms in total. The van der Waals surface area contributed by atoms with E-state index in [0.717, 1.165) is 12.1 Å². The number of benzene rings is 4. The van der Waals surface area contributed by atoms with Crippen LogP contribution in [0.1, 0.15) is 15.9 Å². The maximum absolute atomic E-state index is 13.4. The van der Waals surface area contributed by atoms with Gasteiger partial charge in [-0.1, -0.05) is 59.3 Å². The molecular formula is C25H18Cl2N3NaO6S. The second-order valence-corrected chi connectivity index (χ2v) is 10.1. The van der Waals surface area contributed by atoms with Crippen molar-refractivity contribution in [1.29, 1.82) is 0 Å². The molecular weight excluding hydrogens is 564 g/mol. The van der Waals surface area contributed by atoms with Crippen molar-refractivity contribution in [1.82, 2.24) is 0 Å². The standard InChI is InChI=1S/C25H19Cl2N3O6S.Na/c1-13-19(27)11-15(37(33,34)35)12-20(13)29-30-22-16-7-4-3-6-14(16)10-17(24(22)31)25(32)28-23-18(26)8-5-9-21(23)36-2;/h3-12,31H,1-2H3,(H,28,32)(H,33,34,35);/q;+1/p-1. The summed E-state index contributed by atoms with van der Waals surface area (Å²) in [5.74, 6) is -1.16. The van der Waals surface area contributed by atoms with Gasteiger partial charge in [-0.3, -0.25) is 9.35 Å². The molecule has 0 atom stereocenters. The second kappa shape index (κ2) is 12.0. The number of para-hydroxylation sites is 1. The molecule has 0 radical (unpaired) electrons. The second-order valence-electron chi connectivity index (χ2n) is 7.82. The van der Waals surface area contributed by atoms with Crippen LogP contribution in [0.15, 0.2) is 75.8 Å². The van der Waals surface area contributed by atoms with Crippen molar-refractivity contribution in [2.75, 3.05) is 12.4 Å². The molecule has 0 heterocycles. The summed E-state index contributed by atoms with van der Waals surface area (Å²) in [6, 6.07) is 15.1. The molecule has 13 heteroatoms. The van der Waals surface area contributed by atoms with Crippen LogP contribution >= 0.6 is 23.2 Å². The SMILES string of the molecule is COc1cccc(Cl)c1NC(=O)c1cc2ccccc2c(N=Nc2cc(S(=O)(=O)O)cc(Cl)c2C)c1[O-].[Na+]. The normalized spacial score (nSPS) is 11.4. The minimum absolute atomic E-state index is 0. The molecule has 4 rings (SSSR count). The summed E-state index contributed by atoms with van der Waals surface area (Å²) < 4.78 is 37.9. The molecule has 0 aliphatic heterocycles. The topological polar surface area (TPSA) is 140 Å². The van der Waals surface area contributed by atoms with Gasteiger partial charge < -0.3 is 15.2 Å². The Labute approximate surface area is 250 Å². The number of ether oxygens (including phenoxy) is 1. The van der Waals surface area contributed by atoms with E-state index in [1.54, 1.807) is 49.4 Å². The maximum atomic E-state index is 13.4. The summed E-state index contributed by atoms with van der Waals surface area (Å²) in [7, 11) is -3.15. The fraction of sp³-hybridized carbons (Fsp3) is 0.0800. The molecule has 190 valence electrons. The molecule has 0 aliphatic carbocycles. The van der Waals surface area contributed by atoms with E-state index in [1.165, 1.54) is 13.2 Å². The third-order valence-electron chi connectivity index (χ3n) is 5.50. The number of nitrogens with one attached hydrogen (secondary N) is 1. The molecule has 0 saturated heterocycles. The van der Waals surface area contributed by atoms with Crippen molar-refractivity contribution in [2.45, 2.75) is 11.8 Å². The number of amides is 1. The molecule has 38 heavy (non-hydrogen) atoms.